The zero-order chi connectivity index (χ0) is 24.9. The number of hydrogen-bond donors (Lipinski definition) is 0. The number of anilines is 1. The van der Waals surface area contributed by atoms with E-state index in [1.54, 1.807) is 18.9 Å². The number of methoxy groups -OCH3 is 1. The van der Waals surface area contributed by atoms with Gasteiger partial charge >= 0.3 is 0 Å². The van der Waals surface area contributed by atoms with Gasteiger partial charge in [0.2, 0.25) is 0 Å². The summed E-state index contributed by atoms with van der Waals surface area (Å²) >= 11 is 1.77. The third-order valence-corrected chi connectivity index (χ3v) is 7.94. The normalized spacial score (nSPS) is 14.3. The van der Waals surface area contributed by atoms with Crippen LogP contribution in [0.4, 0.5) is 5.69 Å². The van der Waals surface area contributed by atoms with Crippen LogP contribution in [-0.4, -0.2) is 50.5 Å². The Kier molecular flexibility index (Phi) is 7.63. The Bertz CT molecular complexity index is 1380. The summed E-state index contributed by atoms with van der Waals surface area (Å²) in [4.78, 5) is 19.1. The van der Waals surface area contributed by atoms with E-state index in [0.717, 1.165) is 61.1 Å². The molecule has 1 saturated heterocycles. The lowest BCUT2D eigenvalue weighted by Gasteiger charge is -2.36. The molecule has 4 aromatic rings. The lowest BCUT2D eigenvalue weighted by Crippen LogP contribution is -2.46. The van der Waals surface area contributed by atoms with Crippen molar-refractivity contribution in [1.29, 1.82) is 0 Å². The third-order valence-electron chi connectivity index (χ3n) is 6.82. The summed E-state index contributed by atoms with van der Waals surface area (Å²) in [5, 5.41) is 0.657. The van der Waals surface area contributed by atoms with Crippen LogP contribution in [0.15, 0.2) is 86.9 Å². The van der Waals surface area contributed by atoms with Crippen molar-refractivity contribution in [2.24, 2.45) is 0 Å². The fourth-order valence-electron chi connectivity index (χ4n) is 4.84. The minimum atomic E-state index is 0.0467. The first-order valence-corrected chi connectivity index (χ1v) is 13.5. The lowest BCUT2D eigenvalue weighted by molar-refractivity contribution is 0.258. The Balaban J connectivity index is 1.20. The maximum Gasteiger partial charge on any atom is 0.196 e. The van der Waals surface area contributed by atoms with E-state index in [9.17, 15) is 4.79 Å². The second-order valence-electron chi connectivity index (χ2n) is 9.09. The summed E-state index contributed by atoms with van der Waals surface area (Å²) in [6.45, 7) is 7.02. The van der Waals surface area contributed by atoms with Crippen molar-refractivity contribution in [2.75, 3.05) is 50.5 Å². The average Bonchev–Trinajstić information content (AvgIpc) is 2.94. The molecule has 1 aliphatic rings. The van der Waals surface area contributed by atoms with Gasteiger partial charge in [-0.2, -0.15) is 0 Å². The van der Waals surface area contributed by atoms with Crippen LogP contribution >= 0.6 is 11.8 Å². The van der Waals surface area contributed by atoms with E-state index in [0.29, 0.717) is 22.3 Å². The van der Waals surface area contributed by atoms with Crippen molar-refractivity contribution in [2.45, 2.75) is 18.2 Å². The molecule has 1 fully saturated rings. The molecular formula is C30H32N2O3S. The highest BCUT2D eigenvalue weighted by molar-refractivity contribution is 7.99. The summed E-state index contributed by atoms with van der Waals surface area (Å²) in [6.07, 6.45) is 1.08. The highest BCUT2D eigenvalue weighted by Crippen LogP contribution is 2.32. The third kappa shape index (κ3) is 5.15. The minimum Gasteiger partial charge on any atom is -0.495 e. The maximum atomic E-state index is 13.1. The zero-order valence-corrected chi connectivity index (χ0v) is 21.7. The van der Waals surface area contributed by atoms with E-state index in [1.807, 2.05) is 61.5 Å². The molecule has 0 atom stereocenters. The molecule has 0 spiro atoms. The first kappa shape index (κ1) is 24.5. The Hall–Kier alpha value is -3.22. The predicted molar refractivity (Wildman–Crippen MR) is 150 cm³/mol. The largest absolute Gasteiger partial charge is 0.495 e. The van der Waals surface area contributed by atoms with Crippen molar-refractivity contribution < 1.29 is 9.15 Å². The van der Waals surface area contributed by atoms with Crippen LogP contribution in [0.2, 0.25) is 0 Å². The van der Waals surface area contributed by atoms with Gasteiger partial charge in [-0.05, 0) is 49.9 Å². The minimum absolute atomic E-state index is 0.0467. The quantitative estimate of drug-likeness (QED) is 0.216. The molecule has 0 N–H and O–H groups in total. The fraction of sp³-hybridized carbons (Fsp3) is 0.300. The molecule has 3 aromatic carbocycles. The van der Waals surface area contributed by atoms with Crippen LogP contribution < -0.4 is 15.1 Å². The first-order chi connectivity index (χ1) is 17.7. The molecule has 6 heteroatoms. The fourth-order valence-corrected chi connectivity index (χ4v) is 5.79. The maximum absolute atomic E-state index is 13.1. The van der Waals surface area contributed by atoms with Crippen LogP contribution in [0.25, 0.3) is 22.3 Å². The van der Waals surface area contributed by atoms with Gasteiger partial charge in [-0.25, -0.2) is 0 Å². The van der Waals surface area contributed by atoms with Gasteiger partial charge < -0.3 is 14.1 Å². The van der Waals surface area contributed by atoms with Gasteiger partial charge in [-0.1, -0.05) is 48.5 Å². The Morgan fingerprint density at radius 2 is 1.67 bits per heavy atom. The van der Waals surface area contributed by atoms with Gasteiger partial charge in [-0.15, -0.1) is 11.8 Å². The smallest absolute Gasteiger partial charge is 0.196 e. The van der Waals surface area contributed by atoms with Crippen molar-refractivity contribution in [3.8, 4) is 17.1 Å². The summed E-state index contributed by atoms with van der Waals surface area (Å²) < 4.78 is 11.9. The van der Waals surface area contributed by atoms with Gasteiger partial charge in [0.05, 0.1) is 23.1 Å². The monoisotopic (exact) mass is 500 g/mol. The van der Waals surface area contributed by atoms with Gasteiger partial charge in [0, 0.05) is 37.3 Å². The Labute approximate surface area is 216 Å². The van der Waals surface area contributed by atoms with E-state index < -0.39 is 0 Å². The van der Waals surface area contributed by atoms with E-state index in [-0.39, 0.29) is 5.43 Å². The van der Waals surface area contributed by atoms with Gasteiger partial charge in [-0.3, -0.25) is 9.69 Å². The molecule has 0 aliphatic carbocycles. The van der Waals surface area contributed by atoms with Crippen LogP contribution in [0, 0.1) is 6.92 Å². The first-order valence-electron chi connectivity index (χ1n) is 12.5. The number of fused-ring (bicyclic) bond motifs is 1. The van der Waals surface area contributed by atoms with Gasteiger partial charge in [0.15, 0.2) is 11.0 Å². The van der Waals surface area contributed by atoms with Crippen molar-refractivity contribution in [3.05, 3.63) is 88.6 Å². The second kappa shape index (κ2) is 11.2. The van der Waals surface area contributed by atoms with Crippen molar-refractivity contribution >= 4 is 28.4 Å². The molecule has 36 heavy (non-hydrogen) atoms. The average molecular weight is 501 g/mol. The van der Waals surface area contributed by atoms with Crippen molar-refractivity contribution in [1.82, 2.24) is 4.90 Å². The lowest BCUT2D eigenvalue weighted by atomic mass is 10.1. The number of nitrogens with zero attached hydrogens (tertiary/aromatic N) is 2. The van der Waals surface area contributed by atoms with E-state index in [4.69, 9.17) is 9.15 Å². The molecule has 1 aromatic heterocycles. The standard InChI is InChI=1S/C30H32N2O3S/c1-22-28(33)24-12-8-15-27(30(24)35-29(22)23-10-4-3-5-11-23)36-21-9-16-31-17-19-32(20-18-31)25-13-6-7-14-26(25)34-2/h3-8,10-15H,9,16-21H2,1-2H3. The number of rotatable bonds is 8. The molecule has 0 amide bonds. The van der Waals surface area contributed by atoms with E-state index in [1.165, 1.54) is 5.69 Å². The molecule has 5 nitrogen and oxygen atoms in total. The molecular weight excluding hydrogens is 468 g/mol. The van der Waals surface area contributed by atoms with Crippen LogP contribution in [0.1, 0.15) is 12.0 Å². The molecule has 0 bridgehead atoms. The van der Waals surface area contributed by atoms with Crippen molar-refractivity contribution in [3.63, 3.8) is 0 Å². The second-order valence-corrected chi connectivity index (χ2v) is 10.2. The topological polar surface area (TPSA) is 45.9 Å². The summed E-state index contributed by atoms with van der Waals surface area (Å²) in [5.41, 5.74) is 3.51. The Morgan fingerprint density at radius 1 is 0.917 bits per heavy atom. The molecule has 2 heterocycles. The van der Waals surface area contributed by atoms with Crippen LogP contribution in [0.3, 0.4) is 0 Å². The molecule has 1 aliphatic heterocycles. The zero-order valence-electron chi connectivity index (χ0n) is 20.9. The highest BCUT2D eigenvalue weighted by atomic mass is 32.2. The molecule has 0 unspecified atom stereocenters. The van der Waals surface area contributed by atoms with E-state index >= 15 is 0 Å². The molecule has 5 rings (SSSR count). The highest BCUT2D eigenvalue weighted by Gasteiger charge is 2.19. The number of ether oxygens (including phenoxy) is 1. The number of piperazine rings is 1. The van der Waals surface area contributed by atoms with Crippen LogP contribution in [0.5, 0.6) is 5.75 Å². The van der Waals surface area contributed by atoms with Gasteiger partial charge in [0.25, 0.3) is 0 Å². The molecule has 0 radical (unpaired) electrons. The van der Waals surface area contributed by atoms with Crippen LogP contribution in [-0.2, 0) is 0 Å². The van der Waals surface area contributed by atoms with E-state index in [2.05, 4.69) is 28.0 Å². The Morgan fingerprint density at radius 3 is 2.44 bits per heavy atom. The van der Waals surface area contributed by atoms with Gasteiger partial charge in [0.1, 0.15) is 11.5 Å². The number of hydrogen-bond acceptors (Lipinski definition) is 6. The number of benzene rings is 3. The number of thioether (sulfide) groups is 1. The summed E-state index contributed by atoms with van der Waals surface area (Å²) in [7, 11) is 1.73. The predicted octanol–water partition coefficient (Wildman–Crippen LogP) is 6.08. The molecule has 186 valence electrons. The SMILES string of the molecule is COc1ccccc1N1CCN(CCCSc2cccc3c(=O)c(C)c(-c4ccccc4)oc23)CC1. The molecule has 0 saturated carbocycles. The summed E-state index contributed by atoms with van der Waals surface area (Å²) in [5.74, 6) is 2.58. The summed E-state index contributed by atoms with van der Waals surface area (Å²) in [6, 6.07) is 24.0. The number of para-hydroxylation sites is 3.